The largest absolute Gasteiger partial charge is 0.339 e. The highest BCUT2D eigenvalue weighted by atomic mass is 16.5. The molecule has 0 bridgehead atoms. The predicted octanol–water partition coefficient (Wildman–Crippen LogP) is 3.70. The highest BCUT2D eigenvalue weighted by Crippen LogP contribution is 2.38. The molecule has 0 aliphatic heterocycles. The van der Waals surface area contributed by atoms with Crippen LogP contribution in [0.4, 0.5) is 0 Å². The third kappa shape index (κ3) is 2.86. The van der Waals surface area contributed by atoms with Crippen molar-refractivity contribution in [1.29, 1.82) is 0 Å². The zero-order valence-corrected chi connectivity index (χ0v) is 12.7. The summed E-state index contributed by atoms with van der Waals surface area (Å²) < 4.78 is 5.50. The molecule has 2 aromatic rings. The van der Waals surface area contributed by atoms with Crippen molar-refractivity contribution in [3.63, 3.8) is 0 Å². The number of hydrogen-bond acceptors (Lipinski definition) is 4. The van der Waals surface area contributed by atoms with Crippen LogP contribution in [-0.4, -0.2) is 16.7 Å². The van der Waals surface area contributed by atoms with Gasteiger partial charge in [0.1, 0.15) is 0 Å². The summed E-state index contributed by atoms with van der Waals surface area (Å²) in [5.41, 5.74) is 8.17. The van der Waals surface area contributed by atoms with Crippen LogP contribution >= 0.6 is 0 Å². The summed E-state index contributed by atoms with van der Waals surface area (Å²) in [6.45, 7) is 5.08. The molecule has 4 nitrogen and oxygen atoms in total. The second kappa shape index (κ2) is 5.98. The van der Waals surface area contributed by atoms with Crippen molar-refractivity contribution in [1.82, 2.24) is 10.1 Å². The fourth-order valence-electron chi connectivity index (χ4n) is 3.16. The molecule has 2 atom stereocenters. The standard InChI is InChI=1S/C17H23N3O/c1-11(2)12-6-8-13(9-7-12)16-19-17(21-20-16)15-5-3-4-14(15)10-18/h6-9,11,14-15H,3-5,10,18H2,1-2H3. The average molecular weight is 285 g/mol. The third-order valence-corrected chi connectivity index (χ3v) is 4.56. The summed E-state index contributed by atoms with van der Waals surface area (Å²) in [7, 11) is 0. The second-order valence-electron chi connectivity index (χ2n) is 6.27. The number of hydrogen-bond donors (Lipinski definition) is 1. The molecule has 2 N–H and O–H groups in total. The number of nitrogens with two attached hydrogens (primary N) is 1. The minimum Gasteiger partial charge on any atom is -0.339 e. The van der Waals surface area contributed by atoms with E-state index in [4.69, 9.17) is 10.3 Å². The maximum atomic E-state index is 5.83. The Morgan fingerprint density at radius 3 is 2.67 bits per heavy atom. The Morgan fingerprint density at radius 1 is 1.24 bits per heavy atom. The molecule has 21 heavy (non-hydrogen) atoms. The van der Waals surface area contributed by atoms with Gasteiger partial charge in [0.15, 0.2) is 0 Å². The average Bonchev–Trinajstić information content (AvgIpc) is 3.15. The molecule has 0 radical (unpaired) electrons. The fraction of sp³-hybridized carbons (Fsp3) is 0.529. The molecular formula is C17H23N3O. The van der Waals surface area contributed by atoms with Crippen LogP contribution in [0, 0.1) is 5.92 Å². The topological polar surface area (TPSA) is 64.9 Å². The summed E-state index contributed by atoms with van der Waals surface area (Å²) in [5.74, 6) is 2.80. The van der Waals surface area contributed by atoms with Crippen LogP contribution in [0.1, 0.15) is 56.4 Å². The Kier molecular flexibility index (Phi) is 4.06. The van der Waals surface area contributed by atoms with Crippen LogP contribution in [0.25, 0.3) is 11.4 Å². The highest BCUT2D eigenvalue weighted by Gasteiger charge is 2.31. The Balaban J connectivity index is 1.81. The molecule has 1 saturated carbocycles. The Bertz CT molecular complexity index is 588. The lowest BCUT2D eigenvalue weighted by Gasteiger charge is -2.12. The van der Waals surface area contributed by atoms with E-state index in [2.05, 4.69) is 48.3 Å². The van der Waals surface area contributed by atoms with E-state index in [9.17, 15) is 0 Å². The molecule has 112 valence electrons. The SMILES string of the molecule is CC(C)c1ccc(-c2noc(C3CCCC3CN)n2)cc1. The van der Waals surface area contributed by atoms with Gasteiger partial charge in [-0.3, -0.25) is 0 Å². The summed E-state index contributed by atoms with van der Waals surface area (Å²) in [4.78, 5) is 4.60. The Labute approximate surface area is 125 Å². The number of nitrogens with zero attached hydrogens (tertiary/aromatic N) is 2. The molecule has 1 aliphatic carbocycles. The minimum absolute atomic E-state index is 0.339. The molecule has 1 fully saturated rings. The normalized spacial score (nSPS) is 22.1. The molecule has 2 unspecified atom stereocenters. The van der Waals surface area contributed by atoms with E-state index in [1.165, 1.54) is 18.4 Å². The van der Waals surface area contributed by atoms with Gasteiger partial charge in [0.05, 0.1) is 0 Å². The van der Waals surface area contributed by atoms with Crippen molar-refractivity contribution < 1.29 is 4.52 Å². The van der Waals surface area contributed by atoms with Crippen LogP contribution in [0.2, 0.25) is 0 Å². The summed E-state index contributed by atoms with van der Waals surface area (Å²) in [6.07, 6.45) is 3.48. The Morgan fingerprint density at radius 2 is 2.00 bits per heavy atom. The molecule has 3 rings (SSSR count). The first kappa shape index (κ1) is 14.3. The van der Waals surface area contributed by atoms with Gasteiger partial charge in [-0.15, -0.1) is 0 Å². The van der Waals surface area contributed by atoms with Gasteiger partial charge in [-0.05, 0) is 36.8 Å². The van der Waals surface area contributed by atoms with Crippen molar-refractivity contribution in [2.45, 2.75) is 44.9 Å². The summed E-state index contributed by atoms with van der Waals surface area (Å²) in [5, 5.41) is 4.15. The summed E-state index contributed by atoms with van der Waals surface area (Å²) >= 11 is 0. The monoisotopic (exact) mass is 285 g/mol. The lowest BCUT2D eigenvalue weighted by Crippen LogP contribution is -2.17. The van der Waals surface area contributed by atoms with E-state index < -0.39 is 0 Å². The maximum Gasteiger partial charge on any atom is 0.230 e. The van der Waals surface area contributed by atoms with Gasteiger partial charge in [-0.2, -0.15) is 4.98 Å². The van der Waals surface area contributed by atoms with E-state index >= 15 is 0 Å². The van der Waals surface area contributed by atoms with Gasteiger partial charge in [-0.1, -0.05) is 49.7 Å². The van der Waals surface area contributed by atoms with Gasteiger partial charge in [-0.25, -0.2) is 0 Å². The Hall–Kier alpha value is -1.68. The van der Waals surface area contributed by atoms with E-state index in [1.807, 2.05) is 0 Å². The van der Waals surface area contributed by atoms with Crippen molar-refractivity contribution in [2.24, 2.45) is 11.7 Å². The van der Waals surface area contributed by atoms with Gasteiger partial charge >= 0.3 is 0 Å². The van der Waals surface area contributed by atoms with E-state index in [0.29, 0.717) is 30.1 Å². The number of rotatable bonds is 4. The maximum absolute atomic E-state index is 5.83. The lowest BCUT2D eigenvalue weighted by molar-refractivity contribution is 0.326. The van der Waals surface area contributed by atoms with Gasteiger partial charge < -0.3 is 10.3 Å². The third-order valence-electron chi connectivity index (χ3n) is 4.56. The first-order valence-corrected chi connectivity index (χ1v) is 7.83. The first-order chi connectivity index (χ1) is 10.2. The smallest absolute Gasteiger partial charge is 0.230 e. The van der Waals surface area contributed by atoms with E-state index in [-0.39, 0.29) is 0 Å². The van der Waals surface area contributed by atoms with Crippen LogP contribution in [-0.2, 0) is 0 Å². The van der Waals surface area contributed by atoms with E-state index in [0.717, 1.165) is 17.9 Å². The van der Waals surface area contributed by atoms with Gasteiger partial charge in [0.25, 0.3) is 0 Å². The van der Waals surface area contributed by atoms with Gasteiger partial charge in [0.2, 0.25) is 11.7 Å². The molecule has 0 amide bonds. The van der Waals surface area contributed by atoms with Crippen molar-refractivity contribution in [2.75, 3.05) is 6.54 Å². The van der Waals surface area contributed by atoms with Crippen LogP contribution in [0.5, 0.6) is 0 Å². The second-order valence-corrected chi connectivity index (χ2v) is 6.27. The highest BCUT2D eigenvalue weighted by molar-refractivity contribution is 5.54. The molecule has 0 spiro atoms. The molecule has 1 aromatic heterocycles. The molecule has 1 aliphatic rings. The lowest BCUT2D eigenvalue weighted by atomic mass is 9.96. The van der Waals surface area contributed by atoms with E-state index in [1.54, 1.807) is 0 Å². The molecule has 1 heterocycles. The quantitative estimate of drug-likeness (QED) is 0.930. The van der Waals surface area contributed by atoms with Gasteiger partial charge in [0, 0.05) is 11.5 Å². The van der Waals surface area contributed by atoms with Crippen molar-refractivity contribution in [3.8, 4) is 11.4 Å². The van der Waals surface area contributed by atoms with Crippen LogP contribution < -0.4 is 5.73 Å². The predicted molar refractivity (Wildman–Crippen MR) is 83.0 cm³/mol. The fourth-order valence-corrected chi connectivity index (χ4v) is 3.16. The van der Waals surface area contributed by atoms with Crippen LogP contribution in [0.15, 0.2) is 28.8 Å². The van der Waals surface area contributed by atoms with Crippen molar-refractivity contribution >= 4 is 0 Å². The molecule has 1 aromatic carbocycles. The van der Waals surface area contributed by atoms with Crippen LogP contribution in [0.3, 0.4) is 0 Å². The number of aromatic nitrogens is 2. The molecule has 4 heteroatoms. The minimum atomic E-state index is 0.339. The zero-order valence-electron chi connectivity index (χ0n) is 12.7. The van der Waals surface area contributed by atoms with Crippen molar-refractivity contribution in [3.05, 3.63) is 35.7 Å². The first-order valence-electron chi connectivity index (χ1n) is 7.83. The zero-order chi connectivity index (χ0) is 14.8. The number of benzene rings is 1. The summed E-state index contributed by atoms with van der Waals surface area (Å²) in [6, 6.07) is 8.40. The molecule has 0 saturated heterocycles. The molecular weight excluding hydrogens is 262 g/mol.